The van der Waals surface area contributed by atoms with Crippen molar-refractivity contribution in [3.05, 3.63) is 25.3 Å². The minimum absolute atomic E-state index is 0.0100. The molecule has 0 amide bonds. The molecular formula is C6H10OS. The highest BCUT2D eigenvalue weighted by Gasteiger charge is 1.95. The van der Waals surface area contributed by atoms with Gasteiger partial charge in [-0.1, -0.05) is 12.2 Å². The second kappa shape index (κ2) is 4.94. The molecule has 0 aromatic carbocycles. The van der Waals surface area contributed by atoms with Crippen LogP contribution in [0.2, 0.25) is 0 Å². The van der Waals surface area contributed by atoms with Crippen molar-refractivity contribution in [1.29, 1.82) is 0 Å². The predicted octanol–water partition coefficient (Wildman–Crippen LogP) is 1.98. The van der Waals surface area contributed by atoms with Crippen molar-refractivity contribution >= 4 is 12.9 Å². The highest BCUT2D eigenvalue weighted by molar-refractivity contribution is 7.75. The Bertz CT molecular complexity index is 80.6. The van der Waals surface area contributed by atoms with E-state index in [1.54, 1.807) is 12.2 Å². The third-order valence-corrected chi connectivity index (χ3v) is 1.07. The average molecular weight is 130 g/mol. The molecule has 0 heterocycles. The van der Waals surface area contributed by atoms with Crippen LogP contribution >= 0.6 is 12.9 Å². The quantitative estimate of drug-likeness (QED) is 0.348. The molecule has 1 unspecified atom stereocenters. The summed E-state index contributed by atoms with van der Waals surface area (Å²) in [5.74, 6) is 0. The second-order valence-corrected chi connectivity index (χ2v) is 1.61. The lowest BCUT2D eigenvalue weighted by atomic mass is 10.2. The lowest BCUT2D eigenvalue weighted by molar-refractivity contribution is 0.308. The van der Waals surface area contributed by atoms with E-state index in [9.17, 15) is 0 Å². The SMILES string of the molecule is C=CCC(C=C)OS. The van der Waals surface area contributed by atoms with Crippen LogP contribution < -0.4 is 0 Å². The summed E-state index contributed by atoms with van der Waals surface area (Å²) in [5, 5.41) is 0. The maximum Gasteiger partial charge on any atom is 0.0931 e. The molecule has 8 heavy (non-hydrogen) atoms. The van der Waals surface area contributed by atoms with E-state index in [0.29, 0.717) is 0 Å². The largest absolute Gasteiger partial charge is 0.311 e. The fourth-order valence-corrected chi connectivity index (χ4v) is 0.519. The van der Waals surface area contributed by atoms with Crippen molar-refractivity contribution < 1.29 is 4.18 Å². The van der Waals surface area contributed by atoms with Crippen molar-refractivity contribution in [2.45, 2.75) is 12.5 Å². The highest BCUT2D eigenvalue weighted by atomic mass is 32.1. The lowest BCUT2D eigenvalue weighted by Gasteiger charge is -2.02. The Hall–Kier alpha value is -0.210. The van der Waals surface area contributed by atoms with Gasteiger partial charge in [0, 0.05) is 0 Å². The van der Waals surface area contributed by atoms with Crippen LogP contribution in [0.4, 0.5) is 0 Å². The van der Waals surface area contributed by atoms with Crippen molar-refractivity contribution in [2.75, 3.05) is 0 Å². The number of rotatable bonds is 4. The van der Waals surface area contributed by atoms with Gasteiger partial charge in [0.05, 0.1) is 6.10 Å². The van der Waals surface area contributed by atoms with E-state index in [2.05, 4.69) is 30.3 Å². The van der Waals surface area contributed by atoms with Gasteiger partial charge >= 0.3 is 0 Å². The Morgan fingerprint density at radius 2 is 2.25 bits per heavy atom. The maximum absolute atomic E-state index is 4.64. The van der Waals surface area contributed by atoms with Gasteiger partial charge in [-0.15, -0.1) is 13.2 Å². The van der Waals surface area contributed by atoms with Crippen LogP contribution in [0, 0.1) is 0 Å². The first kappa shape index (κ1) is 7.79. The fourth-order valence-electron chi connectivity index (χ4n) is 0.347. The van der Waals surface area contributed by atoms with Crippen LogP contribution in [0.5, 0.6) is 0 Å². The Labute approximate surface area is 55.7 Å². The smallest absolute Gasteiger partial charge is 0.0931 e. The van der Waals surface area contributed by atoms with Gasteiger partial charge in [-0.2, -0.15) is 0 Å². The minimum atomic E-state index is 0.0100. The van der Waals surface area contributed by atoms with E-state index in [1.807, 2.05) is 0 Å². The van der Waals surface area contributed by atoms with Crippen LogP contribution in [0.25, 0.3) is 0 Å². The number of thiol groups is 1. The molecule has 0 aliphatic carbocycles. The van der Waals surface area contributed by atoms with Crippen molar-refractivity contribution in [3.8, 4) is 0 Å². The van der Waals surface area contributed by atoms with E-state index >= 15 is 0 Å². The van der Waals surface area contributed by atoms with Crippen molar-refractivity contribution in [2.24, 2.45) is 0 Å². The first-order valence-electron chi connectivity index (χ1n) is 2.38. The molecule has 0 spiro atoms. The van der Waals surface area contributed by atoms with Gasteiger partial charge < -0.3 is 4.18 Å². The predicted molar refractivity (Wildman–Crippen MR) is 38.9 cm³/mol. The zero-order valence-corrected chi connectivity index (χ0v) is 5.60. The summed E-state index contributed by atoms with van der Waals surface area (Å²) >= 11 is 3.61. The Balaban J connectivity index is 3.35. The molecule has 0 saturated carbocycles. The molecule has 0 rings (SSSR count). The van der Waals surface area contributed by atoms with E-state index in [-0.39, 0.29) is 6.10 Å². The van der Waals surface area contributed by atoms with Gasteiger partial charge in [-0.05, 0) is 19.3 Å². The summed E-state index contributed by atoms with van der Waals surface area (Å²) in [6.45, 7) is 7.06. The zero-order chi connectivity index (χ0) is 6.41. The molecular weight excluding hydrogens is 120 g/mol. The molecule has 2 heteroatoms. The van der Waals surface area contributed by atoms with Crippen molar-refractivity contribution in [3.63, 3.8) is 0 Å². The van der Waals surface area contributed by atoms with Gasteiger partial charge in [0.2, 0.25) is 0 Å². The summed E-state index contributed by atoms with van der Waals surface area (Å²) < 4.78 is 4.64. The second-order valence-electron chi connectivity index (χ2n) is 1.40. The van der Waals surface area contributed by atoms with Gasteiger partial charge in [-0.3, -0.25) is 0 Å². The lowest BCUT2D eigenvalue weighted by Crippen LogP contribution is -1.99. The molecule has 0 aromatic rings. The molecule has 0 radical (unpaired) electrons. The van der Waals surface area contributed by atoms with E-state index in [4.69, 9.17) is 0 Å². The Kier molecular flexibility index (Phi) is 4.81. The van der Waals surface area contributed by atoms with Crippen LogP contribution in [0.3, 0.4) is 0 Å². The first-order valence-corrected chi connectivity index (χ1v) is 2.75. The van der Waals surface area contributed by atoms with Crippen LogP contribution in [0.15, 0.2) is 25.3 Å². The van der Waals surface area contributed by atoms with Crippen LogP contribution in [-0.4, -0.2) is 6.10 Å². The Morgan fingerprint density at radius 3 is 2.38 bits per heavy atom. The molecule has 0 N–H and O–H groups in total. The molecule has 0 bridgehead atoms. The maximum atomic E-state index is 4.64. The van der Waals surface area contributed by atoms with Crippen LogP contribution in [0.1, 0.15) is 6.42 Å². The van der Waals surface area contributed by atoms with Gasteiger partial charge in [0.1, 0.15) is 0 Å². The molecule has 0 aliphatic heterocycles. The molecule has 0 aromatic heterocycles. The number of hydrogen-bond donors (Lipinski definition) is 1. The average Bonchev–Trinajstić information content (AvgIpc) is 1.83. The zero-order valence-electron chi connectivity index (χ0n) is 4.71. The molecule has 0 aliphatic rings. The molecule has 1 nitrogen and oxygen atoms in total. The normalized spacial score (nSPS) is 12.6. The molecule has 1 atom stereocenters. The van der Waals surface area contributed by atoms with Gasteiger partial charge in [0.15, 0.2) is 0 Å². The fraction of sp³-hybridized carbons (Fsp3) is 0.333. The summed E-state index contributed by atoms with van der Waals surface area (Å²) in [6, 6.07) is 0. The highest BCUT2D eigenvalue weighted by Crippen LogP contribution is 2.00. The Morgan fingerprint density at radius 1 is 1.62 bits per heavy atom. The van der Waals surface area contributed by atoms with E-state index < -0.39 is 0 Å². The topological polar surface area (TPSA) is 9.23 Å². The van der Waals surface area contributed by atoms with E-state index in [0.717, 1.165) is 6.42 Å². The summed E-state index contributed by atoms with van der Waals surface area (Å²) in [6.07, 6.45) is 4.24. The molecule has 46 valence electrons. The third-order valence-electron chi connectivity index (χ3n) is 0.797. The minimum Gasteiger partial charge on any atom is -0.311 e. The summed E-state index contributed by atoms with van der Waals surface area (Å²) in [7, 11) is 0. The monoisotopic (exact) mass is 130 g/mol. The summed E-state index contributed by atoms with van der Waals surface area (Å²) in [4.78, 5) is 0. The molecule has 0 fully saturated rings. The number of hydrogen-bond acceptors (Lipinski definition) is 2. The summed E-state index contributed by atoms with van der Waals surface area (Å²) in [5.41, 5.74) is 0. The van der Waals surface area contributed by atoms with Gasteiger partial charge in [0.25, 0.3) is 0 Å². The van der Waals surface area contributed by atoms with Crippen LogP contribution in [-0.2, 0) is 4.18 Å². The third kappa shape index (κ3) is 2.88. The van der Waals surface area contributed by atoms with E-state index in [1.165, 1.54) is 0 Å². The first-order chi connectivity index (χ1) is 3.85. The molecule has 0 saturated heterocycles. The van der Waals surface area contributed by atoms with Gasteiger partial charge in [-0.25, -0.2) is 0 Å². The standard InChI is InChI=1S/C6H10OS/c1-3-5-6(4-2)7-8/h3-4,6,8H,1-2,5H2. The van der Waals surface area contributed by atoms with Crippen molar-refractivity contribution in [1.82, 2.24) is 0 Å².